The molecule has 7 heteroatoms. The number of halogens is 1. The zero-order valence-electron chi connectivity index (χ0n) is 8.37. The van der Waals surface area contributed by atoms with E-state index in [2.05, 4.69) is 30.9 Å². The highest BCUT2D eigenvalue weighted by Gasteiger charge is 2.08. The van der Waals surface area contributed by atoms with Crippen LogP contribution in [0, 0.1) is 0 Å². The van der Waals surface area contributed by atoms with Gasteiger partial charge in [0.2, 0.25) is 0 Å². The van der Waals surface area contributed by atoms with Crippen molar-refractivity contribution in [3.8, 4) is 0 Å². The van der Waals surface area contributed by atoms with Crippen molar-refractivity contribution in [2.45, 2.75) is 10.1 Å². The normalized spacial score (nSPS) is 10.2. The van der Waals surface area contributed by atoms with Crippen LogP contribution in [0.3, 0.4) is 0 Å². The predicted molar refractivity (Wildman–Crippen MR) is 65.1 cm³/mol. The van der Waals surface area contributed by atoms with Crippen LogP contribution in [0.4, 0.5) is 0 Å². The molecule has 0 fully saturated rings. The van der Waals surface area contributed by atoms with Crippen LogP contribution in [0.15, 0.2) is 45.4 Å². The fraction of sp³-hybridized carbons (Fsp3) is 0. The molecule has 0 saturated carbocycles. The molecule has 2 aromatic heterocycles. The SMILES string of the molecule is O=C(O)c1ccnc(Sc2ncncc2Br)c1. The van der Waals surface area contributed by atoms with Gasteiger partial charge in [-0.05, 0) is 39.8 Å². The zero-order valence-corrected chi connectivity index (χ0v) is 10.8. The molecular formula is C10H6BrN3O2S. The Morgan fingerprint density at radius 1 is 1.41 bits per heavy atom. The van der Waals surface area contributed by atoms with Crippen molar-refractivity contribution in [1.82, 2.24) is 15.0 Å². The van der Waals surface area contributed by atoms with E-state index in [9.17, 15) is 4.79 Å². The summed E-state index contributed by atoms with van der Waals surface area (Å²) in [6, 6.07) is 2.95. The molecular weight excluding hydrogens is 306 g/mol. The van der Waals surface area contributed by atoms with Gasteiger partial charge in [0.1, 0.15) is 16.4 Å². The lowest BCUT2D eigenvalue weighted by atomic mass is 10.3. The third-order valence-electron chi connectivity index (χ3n) is 1.82. The summed E-state index contributed by atoms with van der Waals surface area (Å²) in [5, 5.41) is 10.1. The Morgan fingerprint density at radius 3 is 2.94 bits per heavy atom. The molecule has 86 valence electrons. The van der Waals surface area contributed by atoms with E-state index in [-0.39, 0.29) is 5.56 Å². The Kier molecular flexibility index (Phi) is 3.70. The quantitative estimate of drug-likeness (QED) is 0.878. The molecule has 0 bridgehead atoms. The molecule has 2 rings (SSSR count). The van der Waals surface area contributed by atoms with Gasteiger partial charge in [0.25, 0.3) is 0 Å². The number of rotatable bonds is 3. The summed E-state index contributed by atoms with van der Waals surface area (Å²) in [7, 11) is 0. The number of hydrogen-bond donors (Lipinski definition) is 1. The van der Waals surface area contributed by atoms with Crippen molar-refractivity contribution >= 4 is 33.7 Å². The molecule has 17 heavy (non-hydrogen) atoms. The topological polar surface area (TPSA) is 76.0 Å². The maximum absolute atomic E-state index is 10.8. The Labute approximate surface area is 109 Å². The first kappa shape index (κ1) is 12.0. The van der Waals surface area contributed by atoms with Crippen LogP contribution in [0.25, 0.3) is 0 Å². The van der Waals surface area contributed by atoms with E-state index >= 15 is 0 Å². The van der Waals surface area contributed by atoms with Crippen molar-refractivity contribution in [3.63, 3.8) is 0 Å². The van der Waals surface area contributed by atoms with Gasteiger partial charge in [-0.25, -0.2) is 19.7 Å². The van der Waals surface area contributed by atoms with Crippen LogP contribution in [0.1, 0.15) is 10.4 Å². The number of hydrogen-bond acceptors (Lipinski definition) is 5. The molecule has 0 saturated heterocycles. The Morgan fingerprint density at radius 2 is 2.24 bits per heavy atom. The molecule has 1 N–H and O–H groups in total. The van der Waals surface area contributed by atoms with E-state index in [0.29, 0.717) is 10.1 Å². The number of carboxylic acid groups (broad SMARTS) is 1. The van der Waals surface area contributed by atoms with Gasteiger partial charge in [-0.1, -0.05) is 0 Å². The second kappa shape index (κ2) is 5.24. The van der Waals surface area contributed by atoms with Crippen molar-refractivity contribution in [1.29, 1.82) is 0 Å². The van der Waals surface area contributed by atoms with Gasteiger partial charge in [0.05, 0.1) is 10.0 Å². The van der Waals surface area contributed by atoms with Crippen molar-refractivity contribution in [2.75, 3.05) is 0 Å². The first-order valence-electron chi connectivity index (χ1n) is 4.49. The molecule has 0 unspecified atom stereocenters. The minimum atomic E-state index is -0.976. The van der Waals surface area contributed by atoms with Crippen LogP contribution < -0.4 is 0 Å². The monoisotopic (exact) mass is 311 g/mol. The minimum Gasteiger partial charge on any atom is -0.478 e. The lowest BCUT2D eigenvalue weighted by molar-refractivity contribution is 0.0696. The molecule has 5 nitrogen and oxygen atoms in total. The third kappa shape index (κ3) is 3.01. The molecule has 0 aromatic carbocycles. The number of carbonyl (C=O) groups is 1. The Balaban J connectivity index is 2.28. The van der Waals surface area contributed by atoms with Gasteiger partial charge in [-0.2, -0.15) is 0 Å². The molecule has 0 aliphatic rings. The number of aromatic nitrogens is 3. The highest BCUT2D eigenvalue weighted by molar-refractivity contribution is 9.10. The fourth-order valence-corrected chi connectivity index (χ4v) is 2.28. The number of aromatic carboxylic acids is 1. The van der Waals surface area contributed by atoms with Gasteiger partial charge in [0.15, 0.2) is 0 Å². The van der Waals surface area contributed by atoms with Crippen molar-refractivity contribution in [3.05, 3.63) is 40.9 Å². The van der Waals surface area contributed by atoms with Crippen LogP contribution in [-0.2, 0) is 0 Å². The van der Waals surface area contributed by atoms with Gasteiger partial charge in [0, 0.05) is 12.4 Å². The lowest BCUT2D eigenvalue weighted by Gasteiger charge is -2.02. The summed E-state index contributed by atoms with van der Waals surface area (Å²) >= 11 is 4.58. The van der Waals surface area contributed by atoms with Crippen LogP contribution in [0.2, 0.25) is 0 Å². The maximum atomic E-state index is 10.8. The predicted octanol–water partition coefficient (Wildman–Crippen LogP) is 2.48. The Hall–Kier alpha value is -1.47. The number of nitrogens with zero attached hydrogens (tertiary/aromatic N) is 3. The van der Waals surface area contributed by atoms with Crippen molar-refractivity contribution < 1.29 is 9.90 Å². The van der Waals surface area contributed by atoms with E-state index in [1.54, 1.807) is 6.20 Å². The fourth-order valence-electron chi connectivity index (χ4n) is 1.07. The number of pyridine rings is 1. The summed E-state index contributed by atoms with van der Waals surface area (Å²) < 4.78 is 0.743. The smallest absolute Gasteiger partial charge is 0.335 e. The van der Waals surface area contributed by atoms with Gasteiger partial charge in [-0.3, -0.25) is 0 Å². The maximum Gasteiger partial charge on any atom is 0.335 e. The molecule has 2 heterocycles. The molecule has 0 amide bonds. The van der Waals surface area contributed by atoms with Gasteiger partial charge >= 0.3 is 5.97 Å². The summed E-state index contributed by atoms with van der Waals surface area (Å²) in [4.78, 5) is 22.8. The molecule has 0 aliphatic carbocycles. The standard InChI is InChI=1S/C10H6BrN3O2S/c11-7-4-12-5-14-9(7)17-8-3-6(10(15)16)1-2-13-8/h1-5H,(H,15,16). The second-order valence-electron chi connectivity index (χ2n) is 2.97. The van der Waals surface area contributed by atoms with Crippen LogP contribution >= 0.6 is 27.7 Å². The molecule has 0 spiro atoms. The second-order valence-corrected chi connectivity index (χ2v) is 4.83. The average Bonchev–Trinajstić information content (AvgIpc) is 2.32. The summed E-state index contributed by atoms with van der Waals surface area (Å²) in [5.74, 6) is -0.976. The summed E-state index contributed by atoms with van der Waals surface area (Å²) in [5.41, 5.74) is 0.202. The zero-order chi connectivity index (χ0) is 12.3. The lowest BCUT2D eigenvalue weighted by Crippen LogP contribution is -1.96. The Bertz CT molecular complexity index is 565. The van der Waals surface area contributed by atoms with Crippen LogP contribution in [0.5, 0.6) is 0 Å². The first-order valence-corrected chi connectivity index (χ1v) is 6.10. The summed E-state index contributed by atoms with van der Waals surface area (Å²) in [6.45, 7) is 0. The molecule has 0 atom stereocenters. The average molecular weight is 312 g/mol. The van der Waals surface area contributed by atoms with Gasteiger partial charge in [-0.15, -0.1) is 0 Å². The molecule has 2 aromatic rings. The minimum absolute atomic E-state index is 0.202. The van der Waals surface area contributed by atoms with E-state index in [0.717, 1.165) is 4.47 Å². The van der Waals surface area contributed by atoms with E-state index in [1.165, 1.54) is 36.4 Å². The van der Waals surface area contributed by atoms with E-state index in [1.807, 2.05) is 0 Å². The van der Waals surface area contributed by atoms with Crippen molar-refractivity contribution in [2.24, 2.45) is 0 Å². The molecule has 0 radical (unpaired) electrons. The van der Waals surface area contributed by atoms with Crippen LogP contribution in [-0.4, -0.2) is 26.0 Å². The molecule has 0 aliphatic heterocycles. The van der Waals surface area contributed by atoms with Gasteiger partial charge < -0.3 is 5.11 Å². The highest BCUT2D eigenvalue weighted by Crippen LogP contribution is 2.29. The number of carboxylic acids is 1. The van der Waals surface area contributed by atoms with E-state index < -0.39 is 5.97 Å². The summed E-state index contributed by atoms with van der Waals surface area (Å²) in [6.07, 6.45) is 4.51. The van der Waals surface area contributed by atoms with E-state index in [4.69, 9.17) is 5.11 Å². The first-order chi connectivity index (χ1) is 8.16. The highest BCUT2D eigenvalue weighted by atomic mass is 79.9. The largest absolute Gasteiger partial charge is 0.478 e. The third-order valence-corrected chi connectivity index (χ3v) is 3.61.